The quantitative estimate of drug-likeness (QED) is 0.138. The molecule has 0 heterocycles. The third-order valence-corrected chi connectivity index (χ3v) is 11.3. The number of aliphatic hydroxyl groups is 2. The Labute approximate surface area is 328 Å². The van der Waals surface area contributed by atoms with Crippen LogP contribution < -0.4 is 0 Å². The first-order chi connectivity index (χ1) is 27.5. The summed E-state index contributed by atoms with van der Waals surface area (Å²) in [5, 5.41) is 29.6. The molecule has 0 aliphatic carbocycles. The van der Waals surface area contributed by atoms with Crippen molar-refractivity contribution in [2.75, 3.05) is 0 Å². The van der Waals surface area contributed by atoms with E-state index in [9.17, 15) is 10.2 Å². The van der Waals surface area contributed by atoms with Crippen molar-refractivity contribution >= 4 is 21.5 Å². The van der Waals surface area contributed by atoms with Crippen molar-refractivity contribution in [2.45, 2.75) is 24.0 Å². The van der Waals surface area contributed by atoms with Crippen LogP contribution in [0.3, 0.4) is 0 Å². The van der Waals surface area contributed by atoms with E-state index < -0.39 is 11.2 Å². The standard InChI is InChI=1S/C54H42O2/c55-53(43-21-9-3-10-22-43,37-39-17-5-1-6-18-39)45-33-29-41(30-34-45)51-47-25-13-15-27-49(47)52(50-28-16-14-26-48(50)51)42-31-35-46(36-32-42)54(56,44-23-11-4-12-24-44)38-40-19-7-2-8-20-40/h1-36,55-56H,37-38H2. The van der Waals surface area contributed by atoms with Gasteiger partial charge < -0.3 is 10.2 Å². The molecule has 9 aromatic carbocycles. The van der Waals surface area contributed by atoms with Crippen LogP contribution in [0.5, 0.6) is 0 Å². The third kappa shape index (κ3) is 6.50. The van der Waals surface area contributed by atoms with Crippen LogP contribution in [-0.4, -0.2) is 10.2 Å². The summed E-state index contributed by atoms with van der Waals surface area (Å²) in [5.74, 6) is 0. The highest BCUT2D eigenvalue weighted by molar-refractivity contribution is 6.21. The summed E-state index contributed by atoms with van der Waals surface area (Å²) >= 11 is 0. The molecule has 0 bridgehead atoms. The number of fused-ring (bicyclic) bond motifs is 2. The minimum Gasteiger partial charge on any atom is -0.380 e. The predicted molar refractivity (Wildman–Crippen MR) is 231 cm³/mol. The van der Waals surface area contributed by atoms with Gasteiger partial charge in [-0.25, -0.2) is 0 Å². The molecule has 9 aromatic rings. The zero-order valence-electron chi connectivity index (χ0n) is 31.1. The maximum Gasteiger partial charge on any atom is 0.119 e. The Hall–Kier alpha value is -6.58. The first-order valence-corrected chi connectivity index (χ1v) is 19.3. The molecule has 0 spiro atoms. The van der Waals surface area contributed by atoms with Gasteiger partial charge in [0.05, 0.1) is 0 Å². The monoisotopic (exact) mass is 722 g/mol. The number of rotatable bonds is 10. The van der Waals surface area contributed by atoms with Crippen LogP contribution in [0.4, 0.5) is 0 Å². The van der Waals surface area contributed by atoms with Gasteiger partial charge in [0, 0.05) is 12.8 Å². The highest BCUT2D eigenvalue weighted by Crippen LogP contribution is 2.45. The SMILES string of the molecule is OC(Cc1ccccc1)(c1ccccc1)c1ccc(-c2c3ccccc3c(-c3ccc(C(O)(Cc4ccccc4)c4ccccc4)cc3)c3ccccc23)cc1. The molecule has 56 heavy (non-hydrogen) atoms. The molecule has 2 unspecified atom stereocenters. The van der Waals surface area contributed by atoms with Gasteiger partial charge in [-0.2, -0.15) is 0 Å². The van der Waals surface area contributed by atoms with E-state index in [4.69, 9.17) is 0 Å². The van der Waals surface area contributed by atoms with Crippen LogP contribution in [0.2, 0.25) is 0 Å². The summed E-state index contributed by atoms with van der Waals surface area (Å²) in [6.07, 6.45) is 0.928. The molecule has 0 amide bonds. The molecule has 0 aliphatic rings. The van der Waals surface area contributed by atoms with E-state index in [1.165, 1.54) is 0 Å². The Morgan fingerprint density at radius 2 is 0.518 bits per heavy atom. The molecule has 0 aromatic heterocycles. The summed E-state index contributed by atoms with van der Waals surface area (Å²) in [4.78, 5) is 0. The lowest BCUT2D eigenvalue weighted by Gasteiger charge is -2.30. The molecule has 0 aliphatic heterocycles. The lowest BCUT2D eigenvalue weighted by molar-refractivity contribution is 0.0808. The zero-order valence-corrected chi connectivity index (χ0v) is 31.1. The molecular formula is C54H42O2. The molecule has 270 valence electrons. The van der Waals surface area contributed by atoms with E-state index in [1.807, 2.05) is 97.1 Å². The van der Waals surface area contributed by atoms with Crippen LogP contribution in [-0.2, 0) is 24.0 Å². The van der Waals surface area contributed by atoms with E-state index >= 15 is 0 Å². The average Bonchev–Trinajstić information content (AvgIpc) is 3.27. The first kappa shape index (κ1) is 35.1. The van der Waals surface area contributed by atoms with Gasteiger partial charge in [-0.1, -0.05) is 218 Å². The highest BCUT2D eigenvalue weighted by Gasteiger charge is 2.33. The van der Waals surface area contributed by atoms with Gasteiger partial charge in [-0.3, -0.25) is 0 Å². The predicted octanol–water partition coefficient (Wildman–Crippen LogP) is 12.3. The number of hydrogen-bond donors (Lipinski definition) is 2. The van der Waals surface area contributed by atoms with E-state index in [2.05, 4.69) is 121 Å². The van der Waals surface area contributed by atoms with Crippen LogP contribution in [0.15, 0.2) is 218 Å². The molecule has 0 saturated carbocycles. The summed E-state index contributed by atoms with van der Waals surface area (Å²) in [5.41, 5.74) is 7.69. The van der Waals surface area contributed by atoms with Gasteiger partial charge in [0.1, 0.15) is 11.2 Å². The van der Waals surface area contributed by atoms with E-state index in [0.717, 1.165) is 77.2 Å². The van der Waals surface area contributed by atoms with Crippen molar-refractivity contribution in [1.82, 2.24) is 0 Å². The fourth-order valence-electron chi connectivity index (χ4n) is 8.53. The maximum atomic E-state index is 12.5. The normalized spacial score (nSPS) is 13.6. The Kier molecular flexibility index (Phi) is 9.36. The fourth-order valence-corrected chi connectivity index (χ4v) is 8.53. The Morgan fingerprint density at radius 1 is 0.268 bits per heavy atom. The highest BCUT2D eigenvalue weighted by atomic mass is 16.3. The summed E-state index contributed by atoms with van der Waals surface area (Å²) in [6.45, 7) is 0. The topological polar surface area (TPSA) is 40.5 Å². The van der Waals surface area contributed by atoms with Crippen molar-refractivity contribution in [3.63, 3.8) is 0 Å². The first-order valence-electron chi connectivity index (χ1n) is 19.3. The lowest BCUT2D eigenvalue weighted by Crippen LogP contribution is -2.30. The Balaban J connectivity index is 1.15. The van der Waals surface area contributed by atoms with Gasteiger partial charge in [0.2, 0.25) is 0 Å². The van der Waals surface area contributed by atoms with Crippen molar-refractivity contribution < 1.29 is 10.2 Å². The van der Waals surface area contributed by atoms with Crippen LogP contribution in [0, 0.1) is 0 Å². The molecule has 2 atom stereocenters. The fraction of sp³-hybridized carbons (Fsp3) is 0.0741. The minimum absolute atomic E-state index is 0.464. The molecule has 0 saturated heterocycles. The van der Waals surface area contributed by atoms with Crippen LogP contribution in [0.1, 0.15) is 33.4 Å². The van der Waals surface area contributed by atoms with Crippen molar-refractivity contribution in [3.8, 4) is 22.3 Å². The summed E-state index contributed by atoms with van der Waals surface area (Å²) in [7, 11) is 0. The molecular weight excluding hydrogens is 681 g/mol. The van der Waals surface area contributed by atoms with E-state index in [-0.39, 0.29) is 0 Å². The van der Waals surface area contributed by atoms with Crippen LogP contribution in [0.25, 0.3) is 43.8 Å². The molecule has 0 radical (unpaired) electrons. The van der Waals surface area contributed by atoms with Gasteiger partial charge in [0.25, 0.3) is 0 Å². The van der Waals surface area contributed by atoms with Gasteiger partial charge in [-0.05, 0) is 77.2 Å². The average molecular weight is 723 g/mol. The molecule has 0 fully saturated rings. The van der Waals surface area contributed by atoms with Gasteiger partial charge in [-0.15, -0.1) is 0 Å². The van der Waals surface area contributed by atoms with Crippen molar-refractivity contribution in [1.29, 1.82) is 0 Å². The minimum atomic E-state index is -1.20. The lowest BCUT2D eigenvalue weighted by atomic mass is 9.79. The Morgan fingerprint density at radius 3 is 0.821 bits per heavy atom. The molecule has 2 N–H and O–H groups in total. The van der Waals surface area contributed by atoms with Gasteiger partial charge in [0.15, 0.2) is 0 Å². The summed E-state index contributed by atoms with van der Waals surface area (Å²) < 4.78 is 0. The van der Waals surface area contributed by atoms with Gasteiger partial charge >= 0.3 is 0 Å². The van der Waals surface area contributed by atoms with Crippen molar-refractivity contribution in [3.05, 3.63) is 252 Å². The van der Waals surface area contributed by atoms with Crippen LogP contribution >= 0.6 is 0 Å². The van der Waals surface area contributed by atoms with E-state index in [0.29, 0.717) is 12.8 Å². The Bertz CT molecular complexity index is 2480. The smallest absolute Gasteiger partial charge is 0.119 e. The zero-order chi connectivity index (χ0) is 38.0. The van der Waals surface area contributed by atoms with Crippen molar-refractivity contribution in [2.24, 2.45) is 0 Å². The molecule has 9 rings (SSSR count). The number of benzene rings is 9. The second-order valence-electron chi connectivity index (χ2n) is 14.8. The van der Waals surface area contributed by atoms with E-state index in [1.54, 1.807) is 0 Å². The third-order valence-electron chi connectivity index (χ3n) is 11.3. The number of hydrogen-bond acceptors (Lipinski definition) is 2. The molecule has 2 nitrogen and oxygen atoms in total. The molecule has 2 heteroatoms. The second kappa shape index (κ2) is 14.9. The summed E-state index contributed by atoms with van der Waals surface area (Å²) in [6, 6.07) is 74.7. The largest absolute Gasteiger partial charge is 0.380 e. The maximum absolute atomic E-state index is 12.5. The second-order valence-corrected chi connectivity index (χ2v) is 14.8.